The minimum absolute atomic E-state index is 0.179. The number of carbonyl (C=O) groups is 1. The van der Waals surface area contributed by atoms with Gasteiger partial charge in [0.15, 0.2) is 0 Å². The van der Waals surface area contributed by atoms with Crippen molar-refractivity contribution in [3.8, 4) is 6.07 Å². The van der Waals surface area contributed by atoms with Gasteiger partial charge in [-0.1, -0.05) is 57.8 Å². The molecule has 1 heterocycles. The van der Waals surface area contributed by atoms with E-state index in [0.29, 0.717) is 0 Å². The fraction of sp³-hybridized carbons (Fsp3) is 0.800. The summed E-state index contributed by atoms with van der Waals surface area (Å²) in [5, 5.41) is 12.5. The molecule has 0 aromatic rings. The first-order valence-electron chi connectivity index (χ1n) is 9.96. The van der Waals surface area contributed by atoms with Crippen LogP contribution in [-0.2, 0) is 4.79 Å². The molecule has 0 aromatic carbocycles. The SMILES string of the molecule is N#C/C(=C/N1CCCC1)C(=O)NC1CCCCCCCCCCC1. The highest BCUT2D eigenvalue weighted by Gasteiger charge is 2.18. The Kier molecular flexibility index (Phi) is 8.73. The van der Waals surface area contributed by atoms with E-state index in [2.05, 4.69) is 16.3 Å². The Labute approximate surface area is 147 Å². The maximum atomic E-state index is 12.5. The van der Waals surface area contributed by atoms with Gasteiger partial charge in [0.05, 0.1) is 0 Å². The third-order valence-electron chi connectivity index (χ3n) is 5.26. The monoisotopic (exact) mass is 331 g/mol. The summed E-state index contributed by atoms with van der Waals surface area (Å²) in [6, 6.07) is 2.32. The number of nitrogens with one attached hydrogen (secondary N) is 1. The lowest BCUT2D eigenvalue weighted by Gasteiger charge is -2.20. The number of hydrogen-bond donors (Lipinski definition) is 1. The number of rotatable bonds is 3. The number of carbonyl (C=O) groups excluding carboxylic acids is 1. The molecule has 2 rings (SSSR count). The van der Waals surface area contributed by atoms with Crippen LogP contribution in [0.1, 0.15) is 83.5 Å². The van der Waals surface area contributed by atoms with Crippen molar-refractivity contribution in [2.75, 3.05) is 13.1 Å². The van der Waals surface area contributed by atoms with E-state index in [-0.39, 0.29) is 17.5 Å². The predicted molar refractivity (Wildman–Crippen MR) is 97.2 cm³/mol. The topological polar surface area (TPSA) is 56.1 Å². The summed E-state index contributed by atoms with van der Waals surface area (Å²) in [5.74, 6) is -0.179. The van der Waals surface area contributed by atoms with Crippen molar-refractivity contribution < 1.29 is 4.79 Å². The van der Waals surface area contributed by atoms with Crippen molar-refractivity contribution in [2.24, 2.45) is 0 Å². The van der Waals surface area contributed by atoms with E-state index in [1.165, 1.54) is 57.8 Å². The summed E-state index contributed by atoms with van der Waals surface area (Å²) in [4.78, 5) is 14.6. The molecule has 4 heteroatoms. The molecule has 1 N–H and O–H groups in total. The molecule has 134 valence electrons. The van der Waals surface area contributed by atoms with E-state index in [1.54, 1.807) is 6.20 Å². The Morgan fingerprint density at radius 2 is 1.38 bits per heavy atom. The second-order valence-electron chi connectivity index (χ2n) is 7.33. The third kappa shape index (κ3) is 6.95. The zero-order valence-corrected chi connectivity index (χ0v) is 15.1. The summed E-state index contributed by atoms with van der Waals surface area (Å²) >= 11 is 0. The van der Waals surface area contributed by atoms with Crippen LogP contribution >= 0.6 is 0 Å². The molecule has 0 bridgehead atoms. The Morgan fingerprint density at radius 3 is 1.88 bits per heavy atom. The van der Waals surface area contributed by atoms with Gasteiger partial charge in [-0.05, 0) is 25.7 Å². The molecule has 0 unspecified atom stereocenters. The fourth-order valence-corrected chi connectivity index (χ4v) is 3.76. The maximum Gasteiger partial charge on any atom is 0.263 e. The zero-order valence-electron chi connectivity index (χ0n) is 15.1. The van der Waals surface area contributed by atoms with Crippen molar-refractivity contribution in [3.05, 3.63) is 11.8 Å². The van der Waals surface area contributed by atoms with Gasteiger partial charge in [-0.15, -0.1) is 0 Å². The van der Waals surface area contributed by atoms with Crippen molar-refractivity contribution in [3.63, 3.8) is 0 Å². The smallest absolute Gasteiger partial charge is 0.263 e. The average molecular weight is 332 g/mol. The number of likely N-dealkylation sites (tertiary alicyclic amines) is 1. The van der Waals surface area contributed by atoms with Gasteiger partial charge < -0.3 is 10.2 Å². The summed E-state index contributed by atoms with van der Waals surface area (Å²) in [5.41, 5.74) is 0.267. The summed E-state index contributed by atoms with van der Waals surface area (Å²) in [7, 11) is 0. The molecule has 1 saturated carbocycles. The highest BCUT2D eigenvalue weighted by Crippen LogP contribution is 2.17. The van der Waals surface area contributed by atoms with Gasteiger partial charge in [0.25, 0.3) is 5.91 Å². The average Bonchev–Trinajstić information content (AvgIpc) is 3.08. The van der Waals surface area contributed by atoms with Crippen molar-refractivity contribution in [1.82, 2.24) is 10.2 Å². The number of nitriles is 1. The quantitative estimate of drug-likeness (QED) is 0.620. The second-order valence-corrected chi connectivity index (χ2v) is 7.33. The van der Waals surface area contributed by atoms with Gasteiger partial charge in [-0.3, -0.25) is 4.79 Å². The summed E-state index contributed by atoms with van der Waals surface area (Å²) in [6.07, 6.45) is 17.8. The molecule has 0 aromatic heterocycles. The molecule has 2 aliphatic rings. The molecule has 0 atom stereocenters. The summed E-state index contributed by atoms with van der Waals surface area (Å²) < 4.78 is 0. The maximum absolute atomic E-state index is 12.5. The number of amides is 1. The Hall–Kier alpha value is -1.50. The fourth-order valence-electron chi connectivity index (χ4n) is 3.76. The normalized spacial score (nSPS) is 22.3. The van der Waals surface area contributed by atoms with Crippen molar-refractivity contribution in [1.29, 1.82) is 5.26 Å². The van der Waals surface area contributed by atoms with Gasteiger partial charge in [-0.25, -0.2) is 0 Å². The van der Waals surface area contributed by atoms with E-state index in [1.807, 2.05) is 0 Å². The largest absolute Gasteiger partial charge is 0.376 e. The van der Waals surface area contributed by atoms with Crippen molar-refractivity contribution >= 4 is 5.91 Å². The van der Waals surface area contributed by atoms with Gasteiger partial charge in [0.1, 0.15) is 11.6 Å². The Balaban J connectivity index is 1.86. The lowest BCUT2D eigenvalue weighted by molar-refractivity contribution is -0.118. The van der Waals surface area contributed by atoms with E-state index in [0.717, 1.165) is 38.8 Å². The minimum atomic E-state index is -0.179. The van der Waals surface area contributed by atoms with Crippen LogP contribution in [0.2, 0.25) is 0 Å². The van der Waals surface area contributed by atoms with E-state index >= 15 is 0 Å². The van der Waals surface area contributed by atoms with Crippen LogP contribution in [0.3, 0.4) is 0 Å². The van der Waals surface area contributed by atoms with Gasteiger partial charge >= 0.3 is 0 Å². The van der Waals surface area contributed by atoms with E-state index in [9.17, 15) is 10.1 Å². The van der Waals surface area contributed by atoms with Crippen LogP contribution in [0, 0.1) is 11.3 Å². The first kappa shape index (κ1) is 18.8. The zero-order chi connectivity index (χ0) is 17.0. The molecular formula is C20H33N3O. The molecular weight excluding hydrogens is 298 g/mol. The highest BCUT2D eigenvalue weighted by molar-refractivity contribution is 5.97. The predicted octanol–water partition coefficient (Wildman–Crippen LogP) is 4.28. The molecule has 24 heavy (non-hydrogen) atoms. The second kappa shape index (κ2) is 11.1. The molecule has 0 radical (unpaired) electrons. The molecule has 1 aliphatic heterocycles. The molecule has 1 amide bonds. The number of hydrogen-bond acceptors (Lipinski definition) is 3. The molecule has 1 aliphatic carbocycles. The van der Waals surface area contributed by atoms with Crippen LogP contribution in [0.5, 0.6) is 0 Å². The molecule has 0 spiro atoms. The van der Waals surface area contributed by atoms with Crippen LogP contribution in [-0.4, -0.2) is 29.9 Å². The third-order valence-corrected chi connectivity index (χ3v) is 5.26. The Bertz CT molecular complexity index is 434. The van der Waals surface area contributed by atoms with Crippen LogP contribution < -0.4 is 5.32 Å². The lowest BCUT2D eigenvalue weighted by Crippen LogP contribution is -2.36. The standard InChI is InChI=1S/C20H33N3O/c21-16-18(17-23-14-10-11-15-23)20(24)22-19-12-8-6-4-2-1-3-5-7-9-13-19/h17,19H,1-15H2,(H,22,24)/b18-17-. The molecule has 2 fully saturated rings. The summed E-state index contributed by atoms with van der Waals surface area (Å²) in [6.45, 7) is 1.92. The minimum Gasteiger partial charge on any atom is -0.376 e. The van der Waals surface area contributed by atoms with Gasteiger partial charge in [-0.2, -0.15) is 5.26 Å². The first-order chi connectivity index (χ1) is 11.8. The first-order valence-corrected chi connectivity index (χ1v) is 9.96. The van der Waals surface area contributed by atoms with E-state index in [4.69, 9.17) is 0 Å². The van der Waals surface area contributed by atoms with Crippen molar-refractivity contribution in [2.45, 2.75) is 89.5 Å². The molecule has 4 nitrogen and oxygen atoms in total. The molecule has 1 saturated heterocycles. The Morgan fingerprint density at radius 1 is 0.875 bits per heavy atom. The highest BCUT2D eigenvalue weighted by atomic mass is 16.1. The lowest BCUT2D eigenvalue weighted by atomic mass is 9.97. The van der Waals surface area contributed by atoms with Gasteiger partial charge in [0, 0.05) is 25.3 Å². The van der Waals surface area contributed by atoms with Crippen LogP contribution in [0.25, 0.3) is 0 Å². The van der Waals surface area contributed by atoms with E-state index < -0.39 is 0 Å². The van der Waals surface area contributed by atoms with Gasteiger partial charge in [0.2, 0.25) is 0 Å². The van der Waals surface area contributed by atoms with Crippen LogP contribution in [0.15, 0.2) is 11.8 Å². The number of nitrogens with zero attached hydrogens (tertiary/aromatic N) is 2. The van der Waals surface area contributed by atoms with Crippen LogP contribution in [0.4, 0.5) is 0 Å².